The highest BCUT2D eigenvalue weighted by Gasteiger charge is 2.28. The summed E-state index contributed by atoms with van der Waals surface area (Å²) < 4.78 is 72.8. The molecule has 3 N–H and O–H groups in total. The molecule has 0 radical (unpaired) electrons. The summed E-state index contributed by atoms with van der Waals surface area (Å²) in [6.45, 7) is 5.37. The van der Waals surface area contributed by atoms with Crippen LogP contribution < -0.4 is 14.8 Å². The van der Waals surface area contributed by atoms with Gasteiger partial charge in [0.05, 0.1) is 29.0 Å². The zero-order valence-electron chi connectivity index (χ0n) is 22.8. The molecule has 0 spiro atoms. The molecule has 2 aromatic carbocycles. The number of benzene rings is 2. The minimum atomic E-state index is -3.87. The minimum Gasteiger partial charge on any atom is -0.486 e. The third-order valence-corrected chi connectivity index (χ3v) is 7.56. The van der Waals surface area contributed by atoms with Gasteiger partial charge in [0.15, 0.2) is 17.2 Å². The molecule has 0 atom stereocenters. The number of anilines is 2. The number of amides is 1. The van der Waals surface area contributed by atoms with Crippen molar-refractivity contribution < 1.29 is 36.2 Å². The molecule has 0 saturated carbocycles. The normalized spacial score (nSPS) is 14.2. The van der Waals surface area contributed by atoms with Crippen molar-refractivity contribution in [3.05, 3.63) is 77.9 Å². The highest BCUT2D eigenvalue weighted by atomic mass is 32.2. The molecule has 42 heavy (non-hydrogen) atoms. The molecule has 220 valence electrons. The first-order valence-electron chi connectivity index (χ1n) is 12.9. The van der Waals surface area contributed by atoms with Crippen molar-refractivity contribution in [2.75, 3.05) is 22.4 Å². The van der Waals surface area contributed by atoms with Crippen LogP contribution >= 0.6 is 0 Å². The Labute approximate surface area is 239 Å². The lowest BCUT2D eigenvalue weighted by atomic mass is 10.1. The first-order chi connectivity index (χ1) is 19.9. The van der Waals surface area contributed by atoms with E-state index in [1.54, 1.807) is 45.0 Å². The monoisotopic (exact) mass is 599 g/mol. The summed E-state index contributed by atoms with van der Waals surface area (Å²) in [7, 11) is -3.87. The number of aromatic nitrogens is 3. The van der Waals surface area contributed by atoms with Gasteiger partial charge in [-0.2, -0.15) is 5.10 Å². The summed E-state index contributed by atoms with van der Waals surface area (Å²) in [4.78, 5) is 17.2. The molecule has 4 aromatic rings. The number of ether oxygens (including phenoxy) is 3. The Balaban J connectivity index is 1.36. The van der Waals surface area contributed by atoms with Crippen LogP contribution in [0.5, 0.6) is 5.75 Å². The average Bonchev–Trinajstić information content (AvgIpc) is 3.51. The molecule has 5 rings (SSSR count). The van der Waals surface area contributed by atoms with Crippen molar-refractivity contribution >= 4 is 38.3 Å². The zero-order valence-corrected chi connectivity index (χ0v) is 23.6. The van der Waals surface area contributed by atoms with Crippen LogP contribution in [0.4, 0.5) is 20.2 Å². The van der Waals surface area contributed by atoms with Gasteiger partial charge < -0.3 is 19.5 Å². The van der Waals surface area contributed by atoms with Crippen molar-refractivity contribution in [3.8, 4) is 17.0 Å². The molecular weight excluding hydrogens is 572 g/mol. The second kappa shape index (κ2) is 11.3. The summed E-state index contributed by atoms with van der Waals surface area (Å²) >= 11 is 0. The Kier molecular flexibility index (Phi) is 7.73. The van der Waals surface area contributed by atoms with Gasteiger partial charge in [-0.15, -0.1) is 0 Å². The topological polar surface area (TPSA) is 145 Å². The van der Waals surface area contributed by atoms with Gasteiger partial charge in [0.2, 0.25) is 15.8 Å². The molecule has 0 bridgehead atoms. The first-order valence-corrected chi connectivity index (χ1v) is 14.5. The van der Waals surface area contributed by atoms with Crippen molar-refractivity contribution in [2.45, 2.75) is 33.0 Å². The van der Waals surface area contributed by atoms with Crippen molar-refractivity contribution in [2.24, 2.45) is 0 Å². The Bertz CT molecular complexity index is 1810. The number of aromatic amines is 1. The van der Waals surface area contributed by atoms with Crippen LogP contribution in [0.25, 0.3) is 22.3 Å². The maximum atomic E-state index is 15.1. The van der Waals surface area contributed by atoms with Gasteiger partial charge in [0, 0.05) is 24.8 Å². The van der Waals surface area contributed by atoms with E-state index in [1.807, 2.05) is 6.07 Å². The third kappa shape index (κ3) is 6.28. The molecule has 14 heteroatoms. The maximum Gasteiger partial charge on any atom is 0.261 e. The van der Waals surface area contributed by atoms with Crippen LogP contribution in [0.3, 0.4) is 0 Å². The lowest BCUT2D eigenvalue weighted by molar-refractivity contribution is -0.119. The fourth-order valence-electron chi connectivity index (χ4n) is 4.24. The number of rotatable bonds is 10. The van der Waals surface area contributed by atoms with E-state index in [1.165, 1.54) is 12.5 Å². The molecule has 1 aliphatic rings. The van der Waals surface area contributed by atoms with Gasteiger partial charge in [0.1, 0.15) is 30.0 Å². The van der Waals surface area contributed by atoms with E-state index in [-0.39, 0.29) is 24.5 Å². The number of pyridine rings is 1. The van der Waals surface area contributed by atoms with Gasteiger partial charge in [-0.3, -0.25) is 14.6 Å². The SMILES string of the molecule is CCCS(=O)(=O)Nc1ccc(F)c(C(=O)Nc2cnc3n[nH]c(-c4cccc(OCC5=COC(C)(C)O5)c4)c3c2)c1F. The molecule has 11 nitrogen and oxygen atoms in total. The number of halogens is 2. The molecular formula is C28H27F2N5O6S. The fraction of sp³-hybridized carbons (Fsp3) is 0.250. The van der Waals surface area contributed by atoms with E-state index < -0.39 is 44.6 Å². The Morgan fingerprint density at radius 3 is 2.71 bits per heavy atom. The van der Waals surface area contributed by atoms with Gasteiger partial charge >= 0.3 is 0 Å². The summed E-state index contributed by atoms with van der Waals surface area (Å²) in [6.07, 6.45) is 3.08. The second-order valence-corrected chi connectivity index (χ2v) is 11.7. The Morgan fingerprint density at radius 1 is 1.17 bits per heavy atom. The van der Waals surface area contributed by atoms with Crippen LogP contribution in [-0.2, 0) is 19.5 Å². The summed E-state index contributed by atoms with van der Waals surface area (Å²) in [5, 5.41) is 10.1. The van der Waals surface area contributed by atoms with Gasteiger partial charge in [0.25, 0.3) is 5.91 Å². The van der Waals surface area contributed by atoms with E-state index in [9.17, 15) is 17.6 Å². The number of H-pyrrole nitrogens is 1. The number of fused-ring (bicyclic) bond motifs is 1. The van der Waals surface area contributed by atoms with E-state index in [0.29, 0.717) is 33.8 Å². The minimum absolute atomic E-state index is 0.131. The van der Waals surface area contributed by atoms with Crippen molar-refractivity contribution in [3.63, 3.8) is 0 Å². The van der Waals surface area contributed by atoms with E-state index in [2.05, 4.69) is 25.2 Å². The molecule has 1 aliphatic heterocycles. The molecule has 0 saturated heterocycles. The maximum absolute atomic E-state index is 15.1. The average molecular weight is 600 g/mol. The zero-order chi connectivity index (χ0) is 30.1. The second-order valence-electron chi connectivity index (χ2n) is 9.87. The number of hydrogen-bond acceptors (Lipinski definition) is 8. The summed E-state index contributed by atoms with van der Waals surface area (Å²) in [5.41, 5.74) is 0.245. The van der Waals surface area contributed by atoms with Crippen molar-refractivity contribution in [1.82, 2.24) is 15.2 Å². The molecule has 1 amide bonds. The standard InChI is InChI=1S/C28H27F2N5O6S/c1-4-10-42(37,38)35-22-9-8-21(29)23(24(22)30)27(36)32-17-12-20-25(33-34-26(20)31-13-17)16-6-5-7-18(11-16)39-14-19-15-40-28(2,3)41-19/h5-9,11-13,15,35H,4,10,14H2,1-3H3,(H,32,36)(H,31,33,34). The predicted octanol–water partition coefficient (Wildman–Crippen LogP) is 5.31. The predicted molar refractivity (Wildman–Crippen MR) is 151 cm³/mol. The number of carbonyl (C=O) groups excluding carboxylic acids is 1. The summed E-state index contributed by atoms with van der Waals surface area (Å²) in [6, 6.07) is 10.4. The smallest absolute Gasteiger partial charge is 0.261 e. The molecule has 0 unspecified atom stereocenters. The first kappa shape index (κ1) is 28.8. The lowest BCUT2D eigenvalue weighted by Gasteiger charge is -2.18. The van der Waals surface area contributed by atoms with E-state index >= 15 is 4.39 Å². The van der Waals surface area contributed by atoms with Crippen LogP contribution in [0.15, 0.2) is 60.7 Å². The van der Waals surface area contributed by atoms with Crippen LogP contribution in [-0.4, -0.2) is 47.7 Å². The lowest BCUT2D eigenvalue weighted by Crippen LogP contribution is -2.21. The Hall–Kier alpha value is -4.72. The number of sulfonamides is 1. The van der Waals surface area contributed by atoms with Crippen LogP contribution in [0.1, 0.15) is 37.6 Å². The van der Waals surface area contributed by atoms with Crippen LogP contribution in [0, 0.1) is 11.6 Å². The van der Waals surface area contributed by atoms with Crippen molar-refractivity contribution in [1.29, 1.82) is 0 Å². The third-order valence-electron chi connectivity index (χ3n) is 6.08. The van der Waals surface area contributed by atoms with E-state index in [4.69, 9.17) is 14.2 Å². The highest BCUT2D eigenvalue weighted by molar-refractivity contribution is 7.92. The van der Waals surface area contributed by atoms with Gasteiger partial charge in [-0.05, 0) is 36.8 Å². The molecule has 2 aromatic heterocycles. The number of carbonyl (C=O) groups is 1. The quantitative estimate of drug-likeness (QED) is 0.222. The fourth-order valence-corrected chi connectivity index (χ4v) is 5.37. The summed E-state index contributed by atoms with van der Waals surface area (Å²) in [5.74, 6) is -3.55. The Morgan fingerprint density at radius 2 is 1.98 bits per heavy atom. The number of nitrogens with one attached hydrogen (secondary N) is 3. The number of hydrogen-bond donors (Lipinski definition) is 3. The van der Waals surface area contributed by atoms with Gasteiger partial charge in [-0.1, -0.05) is 19.1 Å². The number of nitrogens with zero attached hydrogens (tertiary/aromatic N) is 2. The van der Waals surface area contributed by atoms with Gasteiger partial charge in [-0.25, -0.2) is 22.2 Å². The molecule has 0 fully saturated rings. The largest absolute Gasteiger partial charge is 0.486 e. The van der Waals surface area contributed by atoms with E-state index in [0.717, 1.165) is 12.1 Å². The molecule has 0 aliphatic carbocycles. The highest BCUT2D eigenvalue weighted by Crippen LogP contribution is 2.31. The van der Waals surface area contributed by atoms with Crippen LogP contribution in [0.2, 0.25) is 0 Å². The molecule has 3 heterocycles.